The molecule has 0 radical (unpaired) electrons. The molecule has 0 spiro atoms. The normalized spacial score (nSPS) is 29.4. The zero-order chi connectivity index (χ0) is 23.1. The van der Waals surface area contributed by atoms with Crippen LogP contribution in [0, 0.1) is 0 Å². The molecule has 1 fully saturated rings. The lowest BCUT2D eigenvalue weighted by molar-refractivity contribution is -0.352. The van der Waals surface area contributed by atoms with E-state index in [1.54, 1.807) is 0 Å². The highest BCUT2D eigenvalue weighted by atomic mass is 17.2. The van der Waals surface area contributed by atoms with E-state index in [-0.39, 0.29) is 0 Å². The maximum absolute atomic E-state index is 11.7. The van der Waals surface area contributed by atoms with E-state index in [9.17, 15) is 39.6 Å². The fraction of sp³-hybridized carbons (Fsp3) is 0.733. The summed E-state index contributed by atoms with van der Waals surface area (Å²) in [7, 11) is 0. The van der Waals surface area contributed by atoms with Crippen LogP contribution in [0.4, 0.5) is 0 Å². The molecular formula is C15H22O15. The maximum Gasteiger partial charge on any atom is 0.383 e. The van der Waals surface area contributed by atoms with Crippen LogP contribution in [0.15, 0.2) is 0 Å². The molecule has 0 aromatic heterocycles. The van der Waals surface area contributed by atoms with E-state index in [4.69, 9.17) is 14.9 Å². The largest absolute Gasteiger partial charge is 0.394 e. The predicted molar refractivity (Wildman–Crippen MR) is 84.8 cm³/mol. The third-order valence-corrected chi connectivity index (χ3v) is 3.77. The Hall–Kier alpha value is -2.40. The first-order valence-electron chi connectivity index (χ1n) is 8.46. The Morgan fingerprint density at radius 3 is 1.93 bits per heavy atom. The second kappa shape index (κ2) is 11.1. The summed E-state index contributed by atoms with van der Waals surface area (Å²) in [5, 5.41) is 57.1. The minimum atomic E-state index is -2.77. The summed E-state index contributed by atoms with van der Waals surface area (Å²) in [5.41, 5.74) is 0. The fourth-order valence-corrected chi connectivity index (χ4v) is 2.14. The molecule has 2 unspecified atom stereocenters. The monoisotopic (exact) mass is 442 g/mol. The average molecular weight is 442 g/mol. The summed E-state index contributed by atoms with van der Waals surface area (Å²) in [6.45, 7) is 0.197. The Morgan fingerprint density at radius 1 is 0.933 bits per heavy atom. The Morgan fingerprint density at radius 2 is 1.43 bits per heavy atom. The van der Waals surface area contributed by atoms with Gasteiger partial charge in [0.15, 0.2) is 6.10 Å². The number of aliphatic hydroxyl groups excluding tert-OH is 5. The zero-order valence-electron chi connectivity index (χ0n) is 15.6. The molecule has 15 heteroatoms. The number of aliphatic hydroxyl groups is 6. The van der Waals surface area contributed by atoms with E-state index in [2.05, 4.69) is 19.6 Å². The van der Waals surface area contributed by atoms with E-state index >= 15 is 0 Å². The van der Waals surface area contributed by atoms with Crippen molar-refractivity contribution in [1.29, 1.82) is 0 Å². The van der Waals surface area contributed by atoms with Gasteiger partial charge in [-0.3, -0.25) is 0 Å². The Bertz CT molecular complexity index is 632. The summed E-state index contributed by atoms with van der Waals surface area (Å²) in [6.07, 6.45) is -11.5. The van der Waals surface area contributed by atoms with Crippen molar-refractivity contribution in [2.24, 2.45) is 0 Å². The summed E-state index contributed by atoms with van der Waals surface area (Å²) < 4.78 is 4.82. The van der Waals surface area contributed by atoms with Crippen molar-refractivity contribution >= 4 is 23.9 Å². The first-order chi connectivity index (χ1) is 13.9. The lowest BCUT2D eigenvalue weighted by Crippen LogP contribution is -2.65. The van der Waals surface area contributed by atoms with Crippen molar-refractivity contribution in [3.8, 4) is 0 Å². The fourth-order valence-electron chi connectivity index (χ4n) is 2.14. The van der Waals surface area contributed by atoms with Gasteiger partial charge in [-0.1, -0.05) is 0 Å². The van der Waals surface area contributed by atoms with Gasteiger partial charge in [0, 0.05) is 0 Å². The maximum atomic E-state index is 11.7. The molecule has 1 aliphatic heterocycles. The highest BCUT2D eigenvalue weighted by molar-refractivity contribution is 5.79. The van der Waals surface area contributed by atoms with Crippen LogP contribution in [0.2, 0.25) is 0 Å². The molecule has 1 saturated heterocycles. The average Bonchev–Trinajstić information content (AvgIpc) is 2.69. The van der Waals surface area contributed by atoms with Gasteiger partial charge in [0.25, 0.3) is 0 Å². The quantitative estimate of drug-likeness (QED) is 0.161. The lowest BCUT2D eigenvalue weighted by atomic mass is 9.91. The first-order valence-corrected chi connectivity index (χ1v) is 8.46. The van der Waals surface area contributed by atoms with Gasteiger partial charge in [-0.25, -0.2) is 38.7 Å². The molecule has 1 rings (SSSR count). The number of hydrogen-bond donors (Lipinski definition) is 6. The van der Waals surface area contributed by atoms with Crippen molar-refractivity contribution in [2.45, 2.75) is 62.5 Å². The minimum Gasteiger partial charge on any atom is -0.394 e. The summed E-state index contributed by atoms with van der Waals surface area (Å²) in [6, 6.07) is 0. The third-order valence-electron chi connectivity index (χ3n) is 3.77. The molecule has 30 heavy (non-hydrogen) atoms. The Balaban J connectivity index is 2.42. The highest BCUT2D eigenvalue weighted by Crippen LogP contribution is 2.31. The van der Waals surface area contributed by atoms with Crippen molar-refractivity contribution in [3.05, 3.63) is 0 Å². The molecule has 1 aliphatic rings. The van der Waals surface area contributed by atoms with E-state index in [0.717, 1.165) is 6.92 Å². The second-order valence-corrected chi connectivity index (χ2v) is 6.23. The van der Waals surface area contributed by atoms with Crippen molar-refractivity contribution in [3.63, 3.8) is 0 Å². The van der Waals surface area contributed by atoms with E-state index < -0.39 is 86.1 Å². The standard InChI is InChI=1S/C15H22O15/c1-6(17)14(24)30-28-9(19)3-2-8(18)27-29-10(20)4-15(25)13(23)12(22)11(21)7(5-16)26-15/h6-7,11-13,16-17,21-23,25H,2-5H2,1H3/t6?,7-,11-,12+,13-,15?/m1/s1. The predicted octanol–water partition coefficient (Wildman–Crippen LogP) is -4.30. The van der Waals surface area contributed by atoms with E-state index in [0.29, 0.717) is 0 Å². The Labute approximate surface area is 168 Å². The van der Waals surface area contributed by atoms with Gasteiger partial charge in [-0.05, 0) is 6.92 Å². The molecule has 0 saturated carbocycles. The third kappa shape index (κ3) is 7.13. The number of rotatable bonds is 7. The van der Waals surface area contributed by atoms with Gasteiger partial charge in [-0.15, -0.1) is 0 Å². The molecule has 0 bridgehead atoms. The van der Waals surface area contributed by atoms with Crippen LogP contribution >= 0.6 is 0 Å². The highest BCUT2D eigenvalue weighted by Gasteiger charge is 2.54. The van der Waals surface area contributed by atoms with Gasteiger partial charge in [0.05, 0.1) is 19.4 Å². The molecule has 0 aromatic carbocycles. The smallest absolute Gasteiger partial charge is 0.383 e. The SMILES string of the molecule is CC(O)C(=O)OOC(=O)CCC(=O)OOC(=O)CC1(O)O[C@H](CO)[C@@H](O)[C@H](O)[C@H]1O. The van der Waals surface area contributed by atoms with E-state index in [1.165, 1.54) is 0 Å². The molecule has 0 aromatic rings. The van der Waals surface area contributed by atoms with Gasteiger partial charge >= 0.3 is 23.9 Å². The van der Waals surface area contributed by atoms with E-state index in [1.807, 2.05) is 0 Å². The van der Waals surface area contributed by atoms with Crippen molar-refractivity contribution in [2.75, 3.05) is 6.61 Å². The summed E-state index contributed by atoms with van der Waals surface area (Å²) in [5.74, 6) is -7.89. The van der Waals surface area contributed by atoms with Crippen molar-refractivity contribution in [1.82, 2.24) is 0 Å². The lowest BCUT2D eigenvalue weighted by Gasteiger charge is -2.44. The van der Waals surface area contributed by atoms with Gasteiger partial charge in [0.2, 0.25) is 5.79 Å². The number of hydrogen-bond acceptors (Lipinski definition) is 15. The molecule has 0 aliphatic carbocycles. The van der Waals surface area contributed by atoms with Gasteiger partial charge < -0.3 is 35.4 Å². The molecule has 6 atom stereocenters. The zero-order valence-corrected chi connectivity index (χ0v) is 15.6. The summed E-state index contributed by atoms with van der Waals surface area (Å²) >= 11 is 0. The van der Waals surface area contributed by atoms with Gasteiger partial charge in [-0.2, -0.15) is 0 Å². The van der Waals surface area contributed by atoms with Crippen LogP contribution in [0.25, 0.3) is 0 Å². The molecule has 15 nitrogen and oxygen atoms in total. The molecule has 6 N–H and O–H groups in total. The summed E-state index contributed by atoms with van der Waals surface area (Å²) in [4.78, 5) is 61.3. The number of carbonyl (C=O) groups excluding carboxylic acids is 4. The molecule has 0 amide bonds. The molecule has 172 valence electrons. The number of carbonyl (C=O) groups is 4. The van der Waals surface area contributed by atoms with Gasteiger partial charge in [0.1, 0.15) is 30.8 Å². The van der Waals surface area contributed by atoms with Crippen LogP contribution in [-0.2, 0) is 43.5 Å². The topological polar surface area (TPSA) is 236 Å². The molecule has 1 heterocycles. The minimum absolute atomic E-state index is 0.655. The van der Waals surface area contributed by atoms with Crippen LogP contribution < -0.4 is 0 Å². The van der Waals surface area contributed by atoms with Crippen LogP contribution in [0.5, 0.6) is 0 Å². The Kier molecular flexibility index (Phi) is 9.50. The second-order valence-electron chi connectivity index (χ2n) is 6.23. The number of ether oxygens (including phenoxy) is 1. The van der Waals surface area contributed by atoms with Crippen LogP contribution in [-0.4, -0.2) is 97.4 Å². The van der Waals surface area contributed by atoms with Crippen LogP contribution in [0.3, 0.4) is 0 Å². The first kappa shape index (κ1) is 25.6. The van der Waals surface area contributed by atoms with Crippen LogP contribution in [0.1, 0.15) is 26.2 Å². The molecular weight excluding hydrogens is 420 g/mol. The van der Waals surface area contributed by atoms with Crippen molar-refractivity contribution < 1.29 is 74.1 Å².